The van der Waals surface area contributed by atoms with Crippen LogP contribution in [0.25, 0.3) is 22.3 Å². The highest BCUT2D eigenvalue weighted by Gasteiger charge is 2.19. The number of benzene rings is 1. The normalized spacial score (nSPS) is 17.8. The van der Waals surface area contributed by atoms with Gasteiger partial charge in [0, 0.05) is 24.3 Å². The van der Waals surface area contributed by atoms with E-state index in [2.05, 4.69) is 15.3 Å². The number of rotatable bonds is 3. The maximum atomic E-state index is 12.1. The number of fused-ring (bicyclic) bond motifs is 1. The van der Waals surface area contributed by atoms with Crippen LogP contribution in [0.15, 0.2) is 47.4 Å². The first-order valence-electron chi connectivity index (χ1n) is 7.18. The summed E-state index contributed by atoms with van der Waals surface area (Å²) in [6, 6.07) is 12.5. The van der Waals surface area contributed by atoms with E-state index in [0.29, 0.717) is 18.2 Å². The number of pyridine rings is 1. The lowest BCUT2D eigenvalue weighted by Crippen LogP contribution is -2.46. The average Bonchev–Trinajstić information content (AvgIpc) is 2.78. The number of nitrogens with one attached hydrogen (secondary N) is 2. The topological polar surface area (TPSA) is 62.7 Å². The lowest BCUT2D eigenvalue weighted by molar-refractivity contribution is 0.331. The third-order valence-corrected chi connectivity index (χ3v) is 4.06. The summed E-state index contributed by atoms with van der Waals surface area (Å²) < 4.78 is 1.78. The van der Waals surface area contributed by atoms with Gasteiger partial charge in [-0.3, -0.25) is 9.55 Å². The number of imidazole rings is 1. The predicted octanol–water partition coefficient (Wildman–Crippen LogP) is 1.75. The van der Waals surface area contributed by atoms with E-state index in [0.717, 1.165) is 29.6 Å². The molecule has 5 nitrogen and oxygen atoms in total. The minimum absolute atomic E-state index is 0.0867. The largest absolute Gasteiger partial charge is 0.327 e. The molecule has 1 aromatic carbocycles. The van der Waals surface area contributed by atoms with Crippen LogP contribution in [0, 0.1) is 0 Å². The molecular formula is C16H16N4O. The highest BCUT2D eigenvalue weighted by Crippen LogP contribution is 2.21. The third kappa shape index (κ3) is 2.15. The summed E-state index contributed by atoms with van der Waals surface area (Å²) in [7, 11) is 0. The zero-order valence-electron chi connectivity index (χ0n) is 11.5. The molecule has 106 valence electrons. The fourth-order valence-corrected chi connectivity index (χ4v) is 2.73. The lowest BCUT2D eigenvalue weighted by atomic mass is 10.1. The number of H-pyrrole nitrogens is 1. The Morgan fingerprint density at radius 3 is 2.76 bits per heavy atom. The van der Waals surface area contributed by atoms with E-state index in [1.165, 1.54) is 0 Å². The molecule has 0 spiro atoms. The van der Waals surface area contributed by atoms with Gasteiger partial charge >= 0.3 is 5.69 Å². The van der Waals surface area contributed by atoms with Crippen molar-refractivity contribution in [2.45, 2.75) is 19.0 Å². The van der Waals surface area contributed by atoms with Crippen LogP contribution in [-0.4, -0.2) is 27.1 Å². The van der Waals surface area contributed by atoms with Crippen LogP contribution in [0.3, 0.4) is 0 Å². The molecule has 0 radical (unpaired) electrons. The van der Waals surface area contributed by atoms with Crippen molar-refractivity contribution in [3.63, 3.8) is 0 Å². The van der Waals surface area contributed by atoms with Crippen molar-refractivity contribution >= 4 is 11.2 Å². The van der Waals surface area contributed by atoms with E-state index < -0.39 is 0 Å². The van der Waals surface area contributed by atoms with E-state index in [1.54, 1.807) is 10.8 Å². The fraction of sp³-hybridized carbons (Fsp3) is 0.250. The van der Waals surface area contributed by atoms with Gasteiger partial charge in [0.15, 0.2) is 5.65 Å². The summed E-state index contributed by atoms with van der Waals surface area (Å²) in [5.74, 6) is 0. The molecule has 3 aromatic rings. The van der Waals surface area contributed by atoms with Gasteiger partial charge in [-0.05, 0) is 24.6 Å². The second-order valence-corrected chi connectivity index (χ2v) is 5.44. The molecule has 0 unspecified atom stereocenters. The monoisotopic (exact) mass is 280 g/mol. The molecule has 1 aliphatic rings. The number of aromatic nitrogens is 3. The van der Waals surface area contributed by atoms with Crippen LogP contribution in [0.4, 0.5) is 0 Å². The van der Waals surface area contributed by atoms with E-state index in [-0.39, 0.29) is 5.69 Å². The van der Waals surface area contributed by atoms with E-state index in [4.69, 9.17) is 0 Å². The molecule has 1 fully saturated rings. The number of hydrogen-bond acceptors (Lipinski definition) is 3. The summed E-state index contributed by atoms with van der Waals surface area (Å²) in [6.07, 6.45) is 2.92. The minimum atomic E-state index is -0.0867. The average molecular weight is 280 g/mol. The molecule has 0 aliphatic carbocycles. The predicted molar refractivity (Wildman–Crippen MR) is 82.2 cm³/mol. The Labute approximate surface area is 121 Å². The SMILES string of the molecule is O=c1[nH]c2ncc(-c3ccccc3)cc2n1C[C@H]1CCN1. The number of aromatic amines is 1. The summed E-state index contributed by atoms with van der Waals surface area (Å²) in [6.45, 7) is 1.73. The van der Waals surface area contributed by atoms with Crippen molar-refractivity contribution in [2.24, 2.45) is 0 Å². The summed E-state index contributed by atoms with van der Waals surface area (Å²) in [4.78, 5) is 19.3. The summed E-state index contributed by atoms with van der Waals surface area (Å²) >= 11 is 0. The Morgan fingerprint density at radius 1 is 1.24 bits per heavy atom. The van der Waals surface area contributed by atoms with Gasteiger partial charge in [-0.1, -0.05) is 30.3 Å². The number of hydrogen-bond donors (Lipinski definition) is 2. The first-order valence-corrected chi connectivity index (χ1v) is 7.18. The first kappa shape index (κ1) is 12.3. The molecule has 5 heteroatoms. The second kappa shape index (κ2) is 4.86. The standard InChI is InChI=1S/C16H16N4O/c21-16-19-15-14(20(16)10-13-6-7-17-13)8-12(9-18-15)11-4-2-1-3-5-11/h1-5,8-9,13,17H,6-7,10H2,(H,18,19,21)/t13-/m1/s1. The Kier molecular flexibility index (Phi) is 2.86. The molecule has 2 N–H and O–H groups in total. The van der Waals surface area contributed by atoms with Gasteiger partial charge in [-0.2, -0.15) is 0 Å². The van der Waals surface area contributed by atoms with Crippen molar-refractivity contribution in [1.82, 2.24) is 19.9 Å². The molecule has 3 heterocycles. The van der Waals surface area contributed by atoms with Crippen molar-refractivity contribution in [3.8, 4) is 11.1 Å². The molecule has 1 aliphatic heterocycles. The highest BCUT2D eigenvalue weighted by molar-refractivity contribution is 5.78. The number of nitrogens with zero attached hydrogens (tertiary/aromatic N) is 2. The quantitative estimate of drug-likeness (QED) is 0.768. The zero-order chi connectivity index (χ0) is 14.2. The smallest absolute Gasteiger partial charge is 0.312 e. The van der Waals surface area contributed by atoms with Gasteiger partial charge in [0.05, 0.1) is 5.52 Å². The van der Waals surface area contributed by atoms with Crippen LogP contribution < -0.4 is 11.0 Å². The lowest BCUT2D eigenvalue weighted by Gasteiger charge is -2.27. The molecular weight excluding hydrogens is 264 g/mol. The maximum absolute atomic E-state index is 12.1. The Morgan fingerprint density at radius 2 is 2.05 bits per heavy atom. The maximum Gasteiger partial charge on any atom is 0.327 e. The summed E-state index contributed by atoms with van der Waals surface area (Å²) in [5.41, 5.74) is 3.57. The second-order valence-electron chi connectivity index (χ2n) is 5.44. The molecule has 0 saturated carbocycles. The van der Waals surface area contributed by atoms with Crippen LogP contribution in [-0.2, 0) is 6.54 Å². The van der Waals surface area contributed by atoms with Crippen LogP contribution in [0.5, 0.6) is 0 Å². The van der Waals surface area contributed by atoms with Crippen molar-refractivity contribution in [1.29, 1.82) is 0 Å². The van der Waals surface area contributed by atoms with E-state index >= 15 is 0 Å². The van der Waals surface area contributed by atoms with Gasteiger partial charge < -0.3 is 5.32 Å². The first-order chi connectivity index (χ1) is 10.3. The molecule has 1 saturated heterocycles. The molecule has 1 atom stereocenters. The minimum Gasteiger partial charge on any atom is -0.312 e. The van der Waals surface area contributed by atoms with Crippen LogP contribution in [0.2, 0.25) is 0 Å². The molecule has 0 bridgehead atoms. The van der Waals surface area contributed by atoms with Gasteiger partial charge in [-0.15, -0.1) is 0 Å². The Balaban J connectivity index is 1.82. The van der Waals surface area contributed by atoms with E-state index in [1.807, 2.05) is 36.4 Å². The van der Waals surface area contributed by atoms with Crippen molar-refractivity contribution < 1.29 is 0 Å². The summed E-state index contributed by atoms with van der Waals surface area (Å²) in [5, 5.41) is 3.33. The van der Waals surface area contributed by atoms with Gasteiger partial charge in [0.2, 0.25) is 0 Å². The molecule has 4 rings (SSSR count). The van der Waals surface area contributed by atoms with Gasteiger partial charge in [-0.25, -0.2) is 9.78 Å². The Bertz CT molecular complexity index is 830. The molecule has 0 amide bonds. The third-order valence-electron chi connectivity index (χ3n) is 4.06. The highest BCUT2D eigenvalue weighted by atomic mass is 16.1. The Hall–Kier alpha value is -2.40. The van der Waals surface area contributed by atoms with Crippen molar-refractivity contribution in [2.75, 3.05) is 6.54 Å². The zero-order valence-corrected chi connectivity index (χ0v) is 11.5. The van der Waals surface area contributed by atoms with Gasteiger partial charge in [0.1, 0.15) is 0 Å². The fourth-order valence-electron chi connectivity index (χ4n) is 2.73. The van der Waals surface area contributed by atoms with Crippen LogP contribution >= 0.6 is 0 Å². The van der Waals surface area contributed by atoms with Gasteiger partial charge in [0.25, 0.3) is 0 Å². The van der Waals surface area contributed by atoms with E-state index in [9.17, 15) is 4.79 Å². The van der Waals surface area contributed by atoms with Crippen molar-refractivity contribution in [3.05, 3.63) is 53.1 Å². The van der Waals surface area contributed by atoms with Crippen LogP contribution in [0.1, 0.15) is 6.42 Å². The molecule has 2 aromatic heterocycles. The molecule has 21 heavy (non-hydrogen) atoms.